The van der Waals surface area contributed by atoms with Gasteiger partial charge in [0.15, 0.2) is 0 Å². The van der Waals surface area contributed by atoms with E-state index in [4.69, 9.17) is 5.11 Å². The van der Waals surface area contributed by atoms with Gasteiger partial charge in [0.25, 0.3) is 0 Å². The van der Waals surface area contributed by atoms with Crippen LogP contribution >= 0.6 is 0 Å². The summed E-state index contributed by atoms with van der Waals surface area (Å²) < 4.78 is 0. The van der Waals surface area contributed by atoms with Crippen LogP contribution in [0.2, 0.25) is 0 Å². The molecule has 0 saturated carbocycles. The predicted molar refractivity (Wildman–Crippen MR) is 49.5 cm³/mol. The van der Waals surface area contributed by atoms with Gasteiger partial charge in [-0.1, -0.05) is 18.6 Å². The quantitative estimate of drug-likeness (QED) is 0.607. The first-order valence-electron chi connectivity index (χ1n) is 4.41. The second-order valence-electron chi connectivity index (χ2n) is 3.49. The maximum atomic E-state index is 8.58. The molecule has 1 heteroatoms. The van der Waals surface area contributed by atoms with E-state index in [0.717, 1.165) is 25.2 Å². The molecule has 0 aromatic heterocycles. The smallest absolute Gasteiger partial charge is 0.0431 e. The Kier molecular flexibility index (Phi) is 6.24. The zero-order chi connectivity index (χ0) is 8.69. The summed E-state index contributed by atoms with van der Waals surface area (Å²) in [6.45, 7) is 6.81. The molecule has 11 heavy (non-hydrogen) atoms. The molecular formula is C10H20O. The van der Waals surface area contributed by atoms with Gasteiger partial charge in [0.1, 0.15) is 0 Å². The van der Waals surface area contributed by atoms with Crippen molar-refractivity contribution in [2.45, 2.75) is 40.0 Å². The van der Waals surface area contributed by atoms with E-state index >= 15 is 0 Å². The van der Waals surface area contributed by atoms with Gasteiger partial charge < -0.3 is 5.11 Å². The van der Waals surface area contributed by atoms with Crippen molar-refractivity contribution in [2.75, 3.05) is 6.61 Å². The molecule has 0 fully saturated rings. The van der Waals surface area contributed by atoms with Gasteiger partial charge in [-0.2, -0.15) is 0 Å². The molecule has 0 heterocycles. The van der Waals surface area contributed by atoms with Crippen LogP contribution in [0.1, 0.15) is 40.0 Å². The monoisotopic (exact) mass is 156 g/mol. The third-order valence-corrected chi connectivity index (χ3v) is 1.78. The Morgan fingerprint density at radius 3 is 2.55 bits per heavy atom. The largest absolute Gasteiger partial charge is 0.396 e. The van der Waals surface area contributed by atoms with Crippen molar-refractivity contribution in [3.05, 3.63) is 11.6 Å². The number of aliphatic hydroxyl groups is 1. The second kappa shape index (κ2) is 6.41. The minimum absolute atomic E-state index is 0.333. The summed E-state index contributed by atoms with van der Waals surface area (Å²) in [4.78, 5) is 0. The van der Waals surface area contributed by atoms with Gasteiger partial charge in [-0.3, -0.25) is 0 Å². The van der Waals surface area contributed by atoms with Crippen LogP contribution in [0, 0.1) is 5.92 Å². The van der Waals surface area contributed by atoms with E-state index in [1.807, 2.05) is 0 Å². The van der Waals surface area contributed by atoms with E-state index in [1.54, 1.807) is 0 Å². The van der Waals surface area contributed by atoms with E-state index in [1.165, 1.54) is 5.57 Å². The predicted octanol–water partition coefficient (Wildman–Crippen LogP) is 2.75. The molecule has 1 atom stereocenters. The lowest BCUT2D eigenvalue weighted by molar-refractivity contribution is 0.274. The van der Waals surface area contributed by atoms with Crippen molar-refractivity contribution in [2.24, 2.45) is 5.92 Å². The zero-order valence-corrected chi connectivity index (χ0v) is 7.93. The molecule has 0 rings (SSSR count). The van der Waals surface area contributed by atoms with Gasteiger partial charge in [0.2, 0.25) is 0 Å². The molecule has 0 aliphatic rings. The first-order valence-corrected chi connectivity index (χ1v) is 4.41. The fourth-order valence-corrected chi connectivity index (χ4v) is 0.994. The minimum atomic E-state index is 0.333. The van der Waals surface area contributed by atoms with Gasteiger partial charge in [-0.05, 0) is 39.0 Å². The van der Waals surface area contributed by atoms with E-state index < -0.39 is 0 Å². The van der Waals surface area contributed by atoms with Crippen molar-refractivity contribution in [1.82, 2.24) is 0 Å². The fraction of sp³-hybridized carbons (Fsp3) is 0.800. The summed E-state index contributed by atoms with van der Waals surface area (Å²) in [5.41, 5.74) is 1.39. The Labute approximate surface area is 70.1 Å². The van der Waals surface area contributed by atoms with E-state index in [-0.39, 0.29) is 0 Å². The Morgan fingerprint density at radius 2 is 2.09 bits per heavy atom. The zero-order valence-electron chi connectivity index (χ0n) is 7.93. The summed E-state index contributed by atoms with van der Waals surface area (Å²) >= 11 is 0. The lowest BCUT2D eigenvalue weighted by Gasteiger charge is -2.06. The highest BCUT2D eigenvalue weighted by Crippen LogP contribution is 2.11. The van der Waals surface area contributed by atoms with E-state index in [0.29, 0.717) is 6.61 Å². The molecule has 0 aromatic rings. The van der Waals surface area contributed by atoms with Crippen LogP contribution in [-0.2, 0) is 0 Å². The first kappa shape index (κ1) is 10.7. The summed E-state index contributed by atoms with van der Waals surface area (Å²) in [5.74, 6) is 0.719. The maximum absolute atomic E-state index is 8.58. The molecule has 0 aliphatic carbocycles. The molecule has 0 bridgehead atoms. The molecule has 1 N–H and O–H groups in total. The topological polar surface area (TPSA) is 20.2 Å². The molecule has 0 spiro atoms. The fourth-order valence-electron chi connectivity index (χ4n) is 0.994. The number of rotatable bonds is 5. The molecule has 1 nitrogen and oxygen atoms in total. The van der Waals surface area contributed by atoms with Crippen molar-refractivity contribution < 1.29 is 5.11 Å². The standard InChI is InChI=1S/C10H20O/c1-9(2)6-7-10(3)5-4-8-11/h6,10-11H,4-5,7-8H2,1-3H3/t10-/m0/s1. The third kappa shape index (κ3) is 7.60. The van der Waals surface area contributed by atoms with Crippen molar-refractivity contribution in [3.63, 3.8) is 0 Å². The molecule has 0 unspecified atom stereocenters. The van der Waals surface area contributed by atoms with Crippen molar-refractivity contribution in [1.29, 1.82) is 0 Å². The maximum Gasteiger partial charge on any atom is 0.0431 e. The summed E-state index contributed by atoms with van der Waals surface area (Å²) in [6, 6.07) is 0. The van der Waals surface area contributed by atoms with Crippen LogP contribution in [0.5, 0.6) is 0 Å². The molecule has 0 amide bonds. The highest BCUT2D eigenvalue weighted by Gasteiger charge is 1.98. The number of hydrogen-bond donors (Lipinski definition) is 1. The molecule has 0 radical (unpaired) electrons. The van der Waals surface area contributed by atoms with E-state index in [9.17, 15) is 0 Å². The number of aliphatic hydroxyl groups excluding tert-OH is 1. The Balaban J connectivity index is 3.36. The highest BCUT2D eigenvalue weighted by molar-refractivity contribution is 4.93. The van der Waals surface area contributed by atoms with E-state index in [2.05, 4.69) is 26.8 Å². The normalized spacial score (nSPS) is 12.7. The molecule has 0 aromatic carbocycles. The Morgan fingerprint density at radius 1 is 1.45 bits per heavy atom. The Bertz CT molecular complexity index is 112. The first-order chi connectivity index (χ1) is 5.16. The van der Waals surface area contributed by atoms with Crippen LogP contribution in [0.25, 0.3) is 0 Å². The van der Waals surface area contributed by atoms with Crippen LogP contribution in [0.15, 0.2) is 11.6 Å². The van der Waals surface area contributed by atoms with Gasteiger partial charge >= 0.3 is 0 Å². The molecule has 0 saturated heterocycles. The Hall–Kier alpha value is -0.300. The second-order valence-corrected chi connectivity index (χ2v) is 3.49. The average molecular weight is 156 g/mol. The van der Waals surface area contributed by atoms with Crippen LogP contribution in [-0.4, -0.2) is 11.7 Å². The lowest BCUT2D eigenvalue weighted by atomic mass is 10.0. The van der Waals surface area contributed by atoms with Crippen molar-refractivity contribution >= 4 is 0 Å². The van der Waals surface area contributed by atoms with Crippen LogP contribution in [0.3, 0.4) is 0 Å². The molecule has 0 aliphatic heterocycles. The van der Waals surface area contributed by atoms with Crippen LogP contribution in [0.4, 0.5) is 0 Å². The van der Waals surface area contributed by atoms with Gasteiger partial charge in [0, 0.05) is 6.61 Å². The van der Waals surface area contributed by atoms with Crippen molar-refractivity contribution in [3.8, 4) is 0 Å². The third-order valence-electron chi connectivity index (χ3n) is 1.78. The molecular weight excluding hydrogens is 136 g/mol. The summed E-state index contributed by atoms with van der Waals surface area (Å²) in [7, 11) is 0. The minimum Gasteiger partial charge on any atom is -0.396 e. The number of hydrogen-bond acceptors (Lipinski definition) is 1. The number of allylic oxidation sites excluding steroid dienone is 2. The molecule has 66 valence electrons. The SMILES string of the molecule is CC(C)=CC[C@@H](C)CCCO. The summed E-state index contributed by atoms with van der Waals surface area (Å²) in [5, 5.41) is 8.58. The summed E-state index contributed by atoms with van der Waals surface area (Å²) in [6.07, 6.45) is 5.50. The average Bonchev–Trinajstić information content (AvgIpc) is 1.97. The van der Waals surface area contributed by atoms with Gasteiger partial charge in [-0.25, -0.2) is 0 Å². The van der Waals surface area contributed by atoms with Gasteiger partial charge in [0.05, 0.1) is 0 Å². The highest BCUT2D eigenvalue weighted by atomic mass is 16.2. The van der Waals surface area contributed by atoms with Gasteiger partial charge in [-0.15, -0.1) is 0 Å². The van der Waals surface area contributed by atoms with Crippen LogP contribution < -0.4 is 0 Å². The lowest BCUT2D eigenvalue weighted by Crippen LogP contribution is -1.94.